The fourth-order valence-electron chi connectivity index (χ4n) is 1.39. The molecule has 0 aliphatic heterocycles. The van der Waals surface area contributed by atoms with Crippen molar-refractivity contribution >= 4 is 15.9 Å². The fraction of sp³-hybridized carbons (Fsp3) is 0.500. The van der Waals surface area contributed by atoms with Crippen LogP contribution < -0.4 is 10.0 Å². The summed E-state index contributed by atoms with van der Waals surface area (Å²) in [6.45, 7) is 2.39. The lowest BCUT2D eigenvalue weighted by atomic mass is 10.2. The Kier molecular flexibility index (Phi) is 6.44. The third-order valence-corrected chi connectivity index (χ3v) is 3.91. The summed E-state index contributed by atoms with van der Waals surface area (Å²) in [5, 5.41) is 2.63. The van der Waals surface area contributed by atoms with Gasteiger partial charge >= 0.3 is 0 Å². The molecule has 1 amide bonds. The van der Waals surface area contributed by atoms with Crippen LogP contribution in [0, 0.1) is 0 Å². The summed E-state index contributed by atoms with van der Waals surface area (Å²) in [5.41, 5.74) is 0.504. The highest BCUT2D eigenvalue weighted by Gasteiger charge is 2.09. The van der Waals surface area contributed by atoms with Gasteiger partial charge in [0.15, 0.2) is 0 Å². The van der Waals surface area contributed by atoms with Gasteiger partial charge in [0.1, 0.15) is 0 Å². The Hall–Kier alpha value is -1.47. The quantitative estimate of drug-likeness (QED) is 0.682. The van der Waals surface area contributed by atoms with Crippen LogP contribution in [0.3, 0.4) is 0 Å². The molecule has 0 saturated heterocycles. The molecule has 0 fully saturated rings. The van der Waals surface area contributed by atoms with E-state index in [4.69, 9.17) is 0 Å². The molecule has 0 aromatic carbocycles. The Bertz CT molecular complexity index is 488. The summed E-state index contributed by atoms with van der Waals surface area (Å²) in [6.07, 6.45) is 4.53. The number of hydrogen-bond acceptors (Lipinski definition) is 4. The summed E-state index contributed by atoms with van der Waals surface area (Å²) in [7, 11) is -3.22. The van der Waals surface area contributed by atoms with Crippen LogP contribution in [0.5, 0.6) is 0 Å². The van der Waals surface area contributed by atoms with Crippen LogP contribution in [0.4, 0.5) is 0 Å². The number of carbonyl (C=O) groups is 1. The summed E-state index contributed by atoms with van der Waals surface area (Å²) in [4.78, 5) is 15.4. The zero-order chi connectivity index (χ0) is 14.1. The molecule has 0 aliphatic rings. The van der Waals surface area contributed by atoms with Crippen molar-refractivity contribution in [2.45, 2.75) is 19.8 Å². The SMILES string of the molecule is CCCCS(=O)(=O)NCCNC(=O)c1ccncc1. The Morgan fingerprint density at radius 3 is 2.58 bits per heavy atom. The number of pyridine rings is 1. The molecule has 0 saturated carbocycles. The molecule has 106 valence electrons. The maximum Gasteiger partial charge on any atom is 0.251 e. The first kappa shape index (κ1) is 15.6. The first-order valence-electron chi connectivity index (χ1n) is 6.20. The summed E-state index contributed by atoms with van der Waals surface area (Å²) < 4.78 is 25.4. The van der Waals surface area contributed by atoms with E-state index in [1.807, 2.05) is 6.92 Å². The largest absolute Gasteiger partial charge is 0.351 e. The van der Waals surface area contributed by atoms with E-state index < -0.39 is 10.0 Å². The topological polar surface area (TPSA) is 88.2 Å². The third-order valence-electron chi connectivity index (χ3n) is 2.44. The van der Waals surface area contributed by atoms with E-state index in [9.17, 15) is 13.2 Å². The normalized spacial score (nSPS) is 11.2. The van der Waals surface area contributed by atoms with E-state index in [1.165, 1.54) is 12.4 Å². The molecule has 0 unspecified atom stereocenters. The minimum absolute atomic E-state index is 0.127. The van der Waals surface area contributed by atoms with Crippen LogP contribution in [-0.2, 0) is 10.0 Å². The van der Waals surface area contributed by atoms with Crippen LogP contribution in [0.25, 0.3) is 0 Å². The van der Waals surface area contributed by atoms with Crippen LogP contribution >= 0.6 is 0 Å². The van der Waals surface area contributed by atoms with E-state index in [1.54, 1.807) is 12.1 Å². The van der Waals surface area contributed by atoms with Gasteiger partial charge in [-0.3, -0.25) is 9.78 Å². The predicted molar refractivity (Wildman–Crippen MR) is 73.3 cm³/mol. The van der Waals surface area contributed by atoms with Gasteiger partial charge in [-0.15, -0.1) is 0 Å². The average molecular weight is 285 g/mol. The number of amides is 1. The molecule has 1 aromatic heterocycles. The van der Waals surface area contributed by atoms with E-state index in [0.717, 1.165) is 6.42 Å². The number of unbranched alkanes of at least 4 members (excludes halogenated alkanes) is 1. The van der Waals surface area contributed by atoms with E-state index in [-0.39, 0.29) is 24.7 Å². The third kappa shape index (κ3) is 6.30. The standard InChI is InChI=1S/C12H19N3O3S/c1-2-3-10-19(17,18)15-9-8-14-12(16)11-4-6-13-7-5-11/h4-7,15H,2-3,8-10H2,1H3,(H,14,16). The van der Waals surface area contributed by atoms with Gasteiger partial charge in [-0.05, 0) is 18.6 Å². The number of carbonyl (C=O) groups excluding carboxylic acids is 1. The van der Waals surface area contributed by atoms with Gasteiger partial charge in [0.05, 0.1) is 5.75 Å². The van der Waals surface area contributed by atoms with Crippen molar-refractivity contribution in [1.29, 1.82) is 0 Å². The Labute approximate surface area is 113 Å². The van der Waals surface area contributed by atoms with E-state index >= 15 is 0 Å². The minimum atomic E-state index is -3.22. The highest BCUT2D eigenvalue weighted by atomic mass is 32.2. The molecule has 1 rings (SSSR count). The van der Waals surface area contributed by atoms with Gasteiger partial charge in [0.2, 0.25) is 10.0 Å². The number of rotatable bonds is 8. The van der Waals surface area contributed by atoms with Gasteiger partial charge in [0, 0.05) is 31.0 Å². The molecule has 1 heterocycles. The lowest BCUT2D eigenvalue weighted by Crippen LogP contribution is -2.35. The second kappa shape index (κ2) is 7.85. The molecule has 0 radical (unpaired) electrons. The number of sulfonamides is 1. The number of nitrogens with one attached hydrogen (secondary N) is 2. The van der Waals surface area contributed by atoms with Crippen molar-refractivity contribution in [2.75, 3.05) is 18.8 Å². The molecule has 1 aromatic rings. The smallest absolute Gasteiger partial charge is 0.251 e. The predicted octanol–water partition coefficient (Wildman–Crippen LogP) is 0.531. The van der Waals surface area contributed by atoms with Crippen molar-refractivity contribution in [3.8, 4) is 0 Å². The maximum atomic E-state index is 11.6. The highest BCUT2D eigenvalue weighted by Crippen LogP contribution is 1.95. The zero-order valence-electron chi connectivity index (χ0n) is 10.9. The fourth-order valence-corrected chi connectivity index (χ4v) is 2.62. The van der Waals surface area contributed by atoms with Crippen molar-refractivity contribution in [3.63, 3.8) is 0 Å². The molecular weight excluding hydrogens is 266 g/mol. The number of aromatic nitrogens is 1. The Morgan fingerprint density at radius 2 is 1.95 bits per heavy atom. The highest BCUT2D eigenvalue weighted by molar-refractivity contribution is 7.89. The minimum Gasteiger partial charge on any atom is -0.351 e. The van der Waals surface area contributed by atoms with Gasteiger partial charge in [-0.2, -0.15) is 0 Å². The Balaban J connectivity index is 2.26. The lowest BCUT2D eigenvalue weighted by molar-refractivity contribution is 0.0954. The van der Waals surface area contributed by atoms with Gasteiger partial charge in [-0.25, -0.2) is 13.1 Å². The number of nitrogens with zero attached hydrogens (tertiary/aromatic N) is 1. The van der Waals surface area contributed by atoms with Crippen molar-refractivity contribution in [2.24, 2.45) is 0 Å². The molecule has 19 heavy (non-hydrogen) atoms. The molecule has 0 spiro atoms. The van der Waals surface area contributed by atoms with Crippen LogP contribution in [0.2, 0.25) is 0 Å². The molecule has 2 N–H and O–H groups in total. The molecule has 7 heteroatoms. The van der Waals surface area contributed by atoms with Crippen molar-refractivity contribution in [3.05, 3.63) is 30.1 Å². The molecule has 0 aliphatic carbocycles. The zero-order valence-corrected chi connectivity index (χ0v) is 11.7. The second-order valence-electron chi connectivity index (χ2n) is 4.06. The molecule has 6 nitrogen and oxygen atoms in total. The van der Waals surface area contributed by atoms with Gasteiger partial charge in [-0.1, -0.05) is 13.3 Å². The molecular formula is C12H19N3O3S. The van der Waals surface area contributed by atoms with Crippen LogP contribution in [0.1, 0.15) is 30.1 Å². The lowest BCUT2D eigenvalue weighted by Gasteiger charge is -2.07. The molecule has 0 atom stereocenters. The summed E-state index contributed by atoms with van der Waals surface area (Å²) in [5.74, 6) is -0.114. The van der Waals surface area contributed by atoms with E-state index in [0.29, 0.717) is 12.0 Å². The summed E-state index contributed by atoms with van der Waals surface area (Å²) in [6, 6.07) is 3.20. The number of hydrogen-bond donors (Lipinski definition) is 2. The van der Waals surface area contributed by atoms with Crippen molar-refractivity contribution in [1.82, 2.24) is 15.0 Å². The van der Waals surface area contributed by atoms with Crippen LogP contribution in [-0.4, -0.2) is 38.2 Å². The Morgan fingerprint density at radius 1 is 1.26 bits per heavy atom. The average Bonchev–Trinajstić information content (AvgIpc) is 2.42. The van der Waals surface area contributed by atoms with E-state index in [2.05, 4.69) is 15.0 Å². The van der Waals surface area contributed by atoms with Crippen molar-refractivity contribution < 1.29 is 13.2 Å². The first-order valence-corrected chi connectivity index (χ1v) is 7.86. The van der Waals surface area contributed by atoms with Crippen LogP contribution in [0.15, 0.2) is 24.5 Å². The van der Waals surface area contributed by atoms with Gasteiger partial charge < -0.3 is 5.32 Å². The maximum absolute atomic E-state index is 11.6. The second-order valence-corrected chi connectivity index (χ2v) is 5.98. The monoisotopic (exact) mass is 285 g/mol. The van der Waals surface area contributed by atoms with Gasteiger partial charge in [0.25, 0.3) is 5.91 Å². The first-order chi connectivity index (χ1) is 9.05. The molecule has 0 bridgehead atoms. The summed E-state index contributed by atoms with van der Waals surface area (Å²) >= 11 is 0.